The van der Waals surface area contributed by atoms with Gasteiger partial charge < -0.3 is 18.9 Å². The van der Waals surface area contributed by atoms with Crippen LogP contribution in [0.4, 0.5) is 5.69 Å². The lowest BCUT2D eigenvalue weighted by Gasteiger charge is -2.18. The van der Waals surface area contributed by atoms with Crippen molar-refractivity contribution >= 4 is 11.6 Å². The summed E-state index contributed by atoms with van der Waals surface area (Å²) in [6, 6.07) is 13.3. The zero-order chi connectivity index (χ0) is 19.7. The highest BCUT2D eigenvalue weighted by Crippen LogP contribution is 2.36. The number of carbonyl (C=O) groups excluding carboxylic acids is 1. The predicted octanol–water partition coefficient (Wildman–Crippen LogP) is 3.58. The summed E-state index contributed by atoms with van der Waals surface area (Å²) < 4.78 is 16.1. The van der Waals surface area contributed by atoms with Gasteiger partial charge in [-0.15, -0.1) is 0 Å². The molecule has 2 aromatic carbocycles. The summed E-state index contributed by atoms with van der Waals surface area (Å²) >= 11 is 0. The largest absolute Gasteiger partial charge is 0.493 e. The highest BCUT2D eigenvalue weighted by Gasteiger charge is 2.35. The number of hydrogen-bond donors (Lipinski definition) is 0. The molecule has 3 aromatic rings. The minimum absolute atomic E-state index is 0.00676. The van der Waals surface area contributed by atoms with Gasteiger partial charge in [0, 0.05) is 30.3 Å². The van der Waals surface area contributed by atoms with E-state index in [1.54, 1.807) is 31.3 Å². The molecule has 1 aliphatic rings. The van der Waals surface area contributed by atoms with Gasteiger partial charge >= 0.3 is 0 Å². The SMILES string of the molecule is COc1ccc(N2C[C@H](c3nc(-c4ccc(C)cc4)no3)CC2=O)cc1OC. The van der Waals surface area contributed by atoms with E-state index in [4.69, 9.17) is 14.0 Å². The van der Waals surface area contributed by atoms with Gasteiger partial charge in [0.2, 0.25) is 17.6 Å². The molecule has 1 fully saturated rings. The normalized spacial score (nSPS) is 16.5. The number of benzene rings is 2. The van der Waals surface area contributed by atoms with Gasteiger partial charge in [0.25, 0.3) is 0 Å². The fourth-order valence-electron chi connectivity index (χ4n) is 3.34. The van der Waals surface area contributed by atoms with Crippen molar-refractivity contribution in [3.63, 3.8) is 0 Å². The average molecular weight is 379 g/mol. The standard InChI is InChI=1S/C21H21N3O4/c1-13-4-6-14(7-5-13)20-22-21(28-23-20)15-10-19(25)24(12-15)16-8-9-17(26-2)18(11-16)27-3/h4-9,11,15H,10,12H2,1-3H3/t15-/m1/s1. The van der Waals surface area contributed by atoms with E-state index in [0.29, 0.717) is 36.2 Å². The number of ether oxygens (including phenoxy) is 2. The number of carbonyl (C=O) groups is 1. The van der Waals surface area contributed by atoms with Crippen LogP contribution in [0.3, 0.4) is 0 Å². The lowest BCUT2D eigenvalue weighted by Crippen LogP contribution is -2.24. The van der Waals surface area contributed by atoms with Crippen LogP contribution in [-0.4, -0.2) is 36.8 Å². The fourth-order valence-corrected chi connectivity index (χ4v) is 3.34. The molecular formula is C21H21N3O4. The van der Waals surface area contributed by atoms with Crippen molar-refractivity contribution in [3.05, 3.63) is 53.9 Å². The van der Waals surface area contributed by atoms with E-state index in [-0.39, 0.29) is 11.8 Å². The fraction of sp³-hybridized carbons (Fsp3) is 0.286. The van der Waals surface area contributed by atoms with Crippen LogP contribution in [0.5, 0.6) is 11.5 Å². The molecule has 7 nitrogen and oxygen atoms in total. The first-order valence-electron chi connectivity index (χ1n) is 9.02. The van der Waals surface area contributed by atoms with Crippen molar-refractivity contribution in [2.24, 2.45) is 0 Å². The van der Waals surface area contributed by atoms with E-state index in [9.17, 15) is 4.79 Å². The van der Waals surface area contributed by atoms with E-state index in [1.165, 1.54) is 5.56 Å². The third kappa shape index (κ3) is 3.31. The third-order valence-electron chi connectivity index (χ3n) is 4.90. The molecule has 1 saturated heterocycles. The number of amides is 1. The zero-order valence-electron chi connectivity index (χ0n) is 16.0. The summed E-state index contributed by atoms with van der Waals surface area (Å²) in [7, 11) is 3.15. The zero-order valence-corrected chi connectivity index (χ0v) is 16.0. The Hall–Kier alpha value is -3.35. The Balaban J connectivity index is 1.55. The van der Waals surface area contributed by atoms with Gasteiger partial charge in [-0.2, -0.15) is 4.98 Å². The Labute approximate surface area is 162 Å². The van der Waals surface area contributed by atoms with Gasteiger partial charge in [-0.3, -0.25) is 4.79 Å². The lowest BCUT2D eigenvalue weighted by atomic mass is 10.1. The summed E-state index contributed by atoms with van der Waals surface area (Å²) in [5, 5.41) is 4.08. The van der Waals surface area contributed by atoms with Crippen molar-refractivity contribution in [1.29, 1.82) is 0 Å². The van der Waals surface area contributed by atoms with Crippen LogP contribution in [0.1, 0.15) is 23.8 Å². The number of nitrogens with zero attached hydrogens (tertiary/aromatic N) is 3. The Kier molecular flexibility index (Phi) is 4.73. The molecule has 1 aliphatic heterocycles. The average Bonchev–Trinajstić information content (AvgIpc) is 3.35. The summed E-state index contributed by atoms with van der Waals surface area (Å²) in [5.74, 6) is 2.07. The maximum atomic E-state index is 12.6. The first kappa shape index (κ1) is 18.0. The Morgan fingerprint density at radius 2 is 1.82 bits per heavy atom. The van der Waals surface area contributed by atoms with Crippen LogP contribution in [-0.2, 0) is 4.79 Å². The predicted molar refractivity (Wildman–Crippen MR) is 104 cm³/mol. The van der Waals surface area contributed by atoms with Crippen molar-refractivity contribution in [1.82, 2.24) is 10.1 Å². The molecule has 0 N–H and O–H groups in total. The van der Waals surface area contributed by atoms with Crippen LogP contribution in [0.25, 0.3) is 11.4 Å². The van der Waals surface area contributed by atoms with Gasteiger partial charge in [0.1, 0.15) is 0 Å². The number of aryl methyl sites for hydroxylation is 1. The van der Waals surface area contributed by atoms with Gasteiger partial charge in [-0.05, 0) is 19.1 Å². The van der Waals surface area contributed by atoms with Crippen molar-refractivity contribution in [2.75, 3.05) is 25.7 Å². The Morgan fingerprint density at radius 3 is 2.54 bits per heavy atom. The van der Waals surface area contributed by atoms with Gasteiger partial charge in [0.15, 0.2) is 11.5 Å². The van der Waals surface area contributed by atoms with Gasteiger partial charge in [-0.1, -0.05) is 35.0 Å². The molecule has 7 heteroatoms. The summed E-state index contributed by atoms with van der Waals surface area (Å²) in [6.45, 7) is 2.50. The molecule has 28 heavy (non-hydrogen) atoms. The second kappa shape index (κ2) is 7.34. The second-order valence-corrected chi connectivity index (χ2v) is 6.77. The maximum Gasteiger partial charge on any atom is 0.232 e. The summed E-state index contributed by atoms with van der Waals surface area (Å²) in [5.41, 5.74) is 2.81. The van der Waals surface area contributed by atoms with Gasteiger partial charge in [0.05, 0.1) is 20.1 Å². The van der Waals surface area contributed by atoms with Gasteiger partial charge in [-0.25, -0.2) is 0 Å². The highest BCUT2D eigenvalue weighted by molar-refractivity contribution is 5.96. The van der Waals surface area contributed by atoms with Crippen molar-refractivity contribution in [3.8, 4) is 22.9 Å². The Morgan fingerprint density at radius 1 is 1.07 bits per heavy atom. The highest BCUT2D eigenvalue weighted by atomic mass is 16.5. The number of hydrogen-bond acceptors (Lipinski definition) is 6. The molecule has 4 rings (SSSR count). The maximum absolute atomic E-state index is 12.6. The van der Waals surface area contributed by atoms with E-state index in [0.717, 1.165) is 11.3 Å². The molecule has 0 spiro atoms. The Bertz CT molecular complexity index is 997. The van der Waals surface area contributed by atoms with Crippen LogP contribution in [0.15, 0.2) is 47.0 Å². The van der Waals surface area contributed by atoms with E-state index < -0.39 is 0 Å². The third-order valence-corrected chi connectivity index (χ3v) is 4.90. The minimum Gasteiger partial charge on any atom is -0.493 e. The molecule has 0 radical (unpaired) electrons. The number of aromatic nitrogens is 2. The molecule has 1 amide bonds. The quantitative estimate of drug-likeness (QED) is 0.674. The topological polar surface area (TPSA) is 77.7 Å². The first-order valence-corrected chi connectivity index (χ1v) is 9.02. The van der Waals surface area contributed by atoms with Crippen LogP contribution in [0, 0.1) is 6.92 Å². The lowest BCUT2D eigenvalue weighted by molar-refractivity contribution is -0.117. The second-order valence-electron chi connectivity index (χ2n) is 6.77. The molecule has 144 valence electrons. The molecular weight excluding hydrogens is 358 g/mol. The number of anilines is 1. The summed E-state index contributed by atoms with van der Waals surface area (Å²) in [6.07, 6.45) is 0.323. The number of rotatable bonds is 5. The van der Waals surface area contributed by atoms with E-state index >= 15 is 0 Å². The monoisotopic (exact) mass is 379 g/mol. The molecule has 1 atom stereocenters. The smallest absolute Gasteiger partial charge is 0.232 e. The first-order chi connectivity index (χ1) is 13.6. The molecule has 0 bridgehead atoms. The molecule has 0 aliphatic carbocycles. The number of methoxy groups -OCH3 is 2. The van der Waals surface area contributed by atoms with E-state index in [2.05, 4.69) is 10.1 Å². The molecule has 0 unspecified atom stereocenters. The molecule has 0 saturated carbocycles. The van der Waals surface area contributed by atoms with Crippen LogP contribution in [0.2, 0.25) is 0 Å². The van der Waals surface area contributed by atoms with Crippen LogP contribution >= 0.6 is 0 Å². The molecule has 1 aromatic heterocycles. The minimum atomic E-state index is -0.146. The van der Waals surface area contributed by atoms with Crippen molar-refractivity contribution < 1.29 is 18.8 Å². The summed E-state index contributed by atoms with van der Waals surface area (Å²) in [4.78, 5) is 18.8. The molecule has 2 heterocycles. The van der Waals surface area contributed by atoms with Crippen molar-refractivity contribution in [2.45, 2.75) is 19.3 Å². The van der Waals surface area contributed by atoms with E-state index in [1.807, 2.05) is 37.3 Å². The van der Waals surface area contributed by atoms with Crippen LogP contribution < -0.4 is 14.4 Å².